The lowest BCUT2D eigenvalue weighted by Gasteiger charge is -2.47. The number of unbranched alkanes of at least 4 members (excludes halogenated alkanes) is 3. The fraction of sp³-hybridized carbons (Fsp3) is 0.571. The van der Waals surface area contributed by atoms with E-state index < -0.39 is 22.5 Å². The molecule has 2 aliphatic rings. The van der Waals surface area contributed by atoms with Gasteiger partial charge in [0.15, 0.2) is 0 Å². The van der Waals surface area contributed by atoms with Crippen LogP contribution < -0.4 is 25.2 Å². The van der Waals surface area contributed by atoms with Gasteiger partial charge in [0.1, 0.15) is 39.8 Å². The van der Waals surface area contributed by atoms with Crippen LogP contribution in [-0.4, -0.2) is 36.9 Å². The van der Waals surface area contributed by atoms with E-state index in [1.807, 2.05) is 19.9 Å². The van der Waals surface area contributed by atoms with Gasteiger partial charge in [-0.15, -0.1) is 0 Å². The highest BCUT2D eigenvalue weighted by Crippen LogP contribution is 2.55. The Balaban J connectivity index is 1.32. The maximum atomic E-state index is 14.0. The van der Waals surface area contributed by atoms with Crippen LogP contribution in [0.2, 0.25) is 0 Å². The third-order valence-electron chi connectivity index (χ3n) is 11.1. The van der Waals surface area contributed by atoms with E-state index >= 15 is 0 Å². The molecule has 9 heteroatoms. The van der Waals surface area contributed by atoms with Crippen LogP contribution in [0.25, 0.3) is 11.0 Å². The zero-order valence-corrected chi connectivity index (χ0v) is 31.7. The molecule has 3 aromatic rings. The minimum absolute atomic E-state index is 0.0887. The van der Waals surface area contributed by atoms with Crippen molar-refractivity contribution in [1.82, 2.24) is 5.32 Å². The molecule has 0 saturated heterocycles. The Morgan fingerprint density at radius 1 is 0.980 bits per heavy atom. The van der Waals surface area contributed by atoms with Crippen molar-refractivity contribution in [2.75, 3.05) is 13.7 Å². The largest absolute Gasteiger partial charge is 0.497 e. The predicted molar refractivity (Wildman–Crippen MR) is 198 cm³/mol. The maximum absolute atomic E-state index is 14.0. The van der Waals surface area contributed by atoms with Crippen LogP contribution in [0.15, 0.2) is 45.6 Å². The first-order chi connectivity index (χ1) is 24.1. The summed E-state index contributed by atoms with van der Waals surface area (Å²) >= 11 is 0. The summed E-state index contributed by atoms with van der Waals surface area (Å²) in [6.45, 7) is 14.8. The number of ether oxygens (including phenoxy) is 3. The Morgan fingerprint density at radius 3 is 2.47 bits per heavy atom. The van der Waals surface area contributed by atoms with E-state index in [1.54, 1.807) is 18.2 Å². The average molecular weight is 702 g/mol. The van der Waals surface area contributed by atoms with Crippen LogP contribution in [0.1, 0.15) is 140 Å². The Hall–Kier alpha value is -4.14. The molecule has 2 heterocycles. The van der Waals surface area contributed by atoms with Crippen molar-refractivity contribution in [2.24, 2.45) is 11.3 Å². The second-order valence-corrected chi connectivity index (χ2v) is 16.3. The first-order valence-electron chi connectivity index (χ1n) is 18.6. The lowest BCUT2D eigenvalue weighted by molar-refractivity contribution is -0.144. The van der Waals surface area contributed by atoms with E-state index in [-0.39, 0.29) is 41.1 Å². The monoisotopic (exact) mass is 701 g/mol. The van der Waals surface area contributed by atoms with Gasteiger partial charge in [0.2, 0.25) is 0 Å². The zero-order chi connectivity index (χ0) is 37.1. The SMILES string of the molecule is CCCCCCC(C)(C)c1cc(OC(=O)C(C)(C)CCCNC(=O)c2cc3ccc(OC)cc3oc2=O)c2c(c1)OC(C)(C)C1CCC(=O)CC21. The molecule has 5 rings (SSSR count). The van der Waals surface area contributed by atoms with Crippen molar-refractivity contribution in [1.29, 1.82) is 0 Å². The summed E-state index contributed by atoms with van der Waals surface area (Å²) in [7, 11) is 1.52. The second-order valence-electron chi connectivity index (χ2n) is 16.3. The Kier molecular flexibility index (Phi) is 11.4. The summed E-state index contributed by atoms with van der Waals surface area (Å²) in [5.74, 6) is 1.06. The molecule has 1 aliphatic carbocycles. The molecule has 1 aromatic heterocycles. The number of carbonyl (C=O) groups excluding carboxylic acids is 3. The third kappa shape index (κ3) is 8.50. The number of hydrogen-bond donors (Lipinski definition) is 1. The molecule has 2 atom stereocenters. The normalized spacial score (nSPS) is 18.4. The molecule has 0 spiro atoms. The van der Waals surface area contributed by atoms with E-state index in [2.05, 4.69) is 46.0 Å². The van der Waals surface area contributed by atoms with Gasteiger partial charge in [-0.2, -0.15) is 0 Å². The molecular formula is C42H55NO8. The zero-order valence-electron chi connectivity index (χ0n) is 31.7. The van der Waals surface area contributed by atoms with Crippen LogP contribution in [0.4, 0.5) is 0 Å². The van der Waals surface area contributed by atoms with E-state index in [9.17, 15) is 19.2 Å². The highest BCUT2D eigenvalue weighted by Gasteiger charge is 2.48. The van der Waals surface area contributed by atoms with E-state index in [0.717, 1.165) is 30.4 Å². The fourth-order valence-electron chi connectivity index (χ4n) is 7.71. The molecule has 1 fully saturated rings. The first-order valence-corrected chi connectivity index (χ1v) is 18.6. The summed E-state index contributed by atoms with van der Waals surface area (Å²) in [5, 5.41) is 3.40. The molecule has 0 bridgehead atoms. The molecule has 2 unspecified atom stereocenters. The minimum atomic E-state index is -0.888. The fourth-order valence-corrected chi connectivity index (χ4v) is 7.71. The number of carbonyl (C=O) groups is 3. The molecule has 0 radical (unpaired) electrons. The summed E-state index contributed by atoms with van der Waals surface area (Å²) < 4.78 is 23.6. The number of amides is 1. The van der Waals surface area contributed by atoms with E-state index in [1.165, 1.54) is 32.4 Å². The quantitative estimate of drug-likeness (QED) is 0.0766. The number of methoxy groups -OCH3 is 1. The number of esters is 1. The molecule has 1 N–H and O–H groups in total. The lowest BCUT2D eigenvalue weighted by atomic mass is 9.66. The molecule has 276 valence electrons. The lowest BCUT2D eigenvalue weighted by Crippen LogP contribution is -2.47. The highest BCUT2D eigenvalue weighted by atomic mass is 16.5. The van der Waals surface area contributed by atoms with Crippen LogP contribution in [-0.2, 0) is 15.0 Å². The third-order valence-corrected chi connectivity index (χ3v) is 11.1. The molecule has 1 amide bonds. The summed E-state index contributed by atoms with van der Waals surface area (Å²) in [6, 6.07) is 10.7. The van der Waals surface area contributed by atoms with Crippen molar-refractivity contribution in [3.8, 4) is 17.2 Å². The van der Waals surface area contributed by atoms with Crippen LogP contribution in [0.5, 0.6) is 17.2 Å². The summed E-state index contributed by atoms with van der Waals surface area (Å²) in [5.41, 5.74) is -0.152. The molecule has 1 aliphatic heterocycles. The van der Waals surface area contributed by atoms with Crippen molar-refractivity contribution in [3.63, 3.8) is 0 Å². The van der Waals surface area contributed by atoms with Crippen LogP contribution in [0, 0.1) is 11.3 Å². The van der Waals surface area contributed by atoms with Gasteiger partial charge in [0, 0.05) is 48.2 Å². The number of benzene rings is 2. The second kappa shape index (κ2) is 15.2. The smallest absolute Gasteiger partial charge is 0.349 e. The van der Waals surface area contributed by atoms with Gasteiger partial charge in [-0.25, -0.2) is 4.79 Å². The Morgan fingerprint density at radius 2 is 1.75 bits per heavy atom. The topological polar surface area (TPSA) is 121 Å². The minimum Gasteiger partial charge on any atom is -0.497 e. The first kappa shape index (κ1) is 38.1. The number of Topliss-reactive ketones (excluding diaryl/α,β-unsaturated/α-hetero) is 1. The van der Waals surface area contributed by atoms with Crippen molar-refractivity contribution in [3.05, 3.63) is 63.5 Å². The van der Waals surface area contributed by atoms with Crippen molar-refractivity contribution in [2.45, 2.75) is 130 Å². The summed E-state index contributed by atoms with van der Waals surface area (Å²) in [4.78, 5) is 52.3. The Bertz CT molecular complexity index is 1830. The number of ketones is 1. The molecular weight excluding hydrogens is 646 g/mol. The van der Waals surface area contributed by atoms with Gasteiger partial charge in [-0.1, -0.05) is 46.5 Å². The summed E-state index contributed by atoms with van der Waals surface area (Å²) in [6.07, 6.45) is 8.20. The van der Waals surface area contributed by atoms with E-state index in [0.29, 0.717) is 53.9 Å². The van der Waals surface area contributed by atoms with Crippen LogP contribution >= 0.6 is 0 Å². The highest BCUT2D eigenvalue weighted by molar-refractivity contribution is 5.96. The maximum Gasteiger partial charge on any atom is 0.349 e. The average Bonchev–Trinajstić information content (AvgIpc) is 3.07. The van der Waals surface area contributed by atoms with Gasteiger partial charge in [0.05, 0.1) is 12.5 Å². The number of fused-ring (bicyclic) bond motifs is 4. The van der Waals surface area contributed by atoms with Crippen molar-refractivity contribution >= 4 is 28.6 Å². The Labute approximate surface area is 301 Å². The predicted octanol–water partition coefficient (Wildman–Crippen LogP) is 8.82. The van der Waals surface area contributed by atoms with Gasteiger partial charge < -0.3 is 23.9 Å². The molecule has 1 saturated carbocycles. The van der Waals surface area contributed by atoms with Gasteiger partial charge in [-0.05, 0) is 94.7 Å². The van der Waals surface area contributed by atoms with Crippen molar-refractivity contribution < 1.29 is 33.0 Å². The molecule has 2 aromatic carbocycles. The molecule has 9 nitrogen and oxygen atoms in total. The van der Waals surface area contributed by atoms with E-state index in [4.69, 9.17) is 18.6 Å². The van der Waals surface area contributed by atoms with Crippen LogP contribution in [0.3, 0.4) is 0 Å². The standard InChI is InChI=1S/C42H55NO8/c1-9-10-11-12-18-40(2,3)27-22-34(36-30-24-28(44)15-17-32(30)42(6,7)51-35(36)23-27)50-39(47)41(4,5)19-13-20-43-37(45)31-21-26-14-16-29(48-8)25-33(26)49-38(31)46/h14,16,21-23,25,30,32H,9-13,15,17-20,24H2,1-8H3,(H,43,45). The molecule has 51 heavy (non-hydrogen) atoms. The number of nitrogens with one attached hydrogen (secondary N) is 1. The number of hydrogen-bond acceptors (Lipinski definition) is 8. The van der Waals surface area contributed by atoms with Gasteiger partial charge in [-0.3, -0.25) is 14.4 Å². The van der Waals surface area contributed by atoms with Gasteiger partial charge in [0.25, 0.3) is 5.91 Å². The number of rotatable bonds is 14. The van der Waals surface area contributed by atoms with Gasteiger partial charge >= 0.3 is 11.6 Å².